The summed E-state index contributed by atoms with van der Waals surface area (Å²) < 4.78 is 1.53. The number of hydrogen-bond acceptors (Lipinski definition) is 8. The number of carbonyl (C=O) groups excluding carboxylic acids is 4. The third-order valence-electron chi connectivity index (χ3n) is 8.47. The zero-order valence-corrected chi connectivity index (χ0v) is 28.5. The summed E-state index contributed by atoms with van der Waals surface area (Å²) >= 11 is 0. The van der Waals surface area contributed by atoms with E-state index in [1.165, 1.54) is 4.68 Å². The van der Waals surface area contributed by atoms with E-state index in [2.05, 4.69) is 41.2 Å². The molecule has 2 aromatic heterocycles. The average molecular weight is 671 g/mol. The molecule has 14 nitrogen and oxygen atoms in total. The lowest BCUT2D eigenvalue weighted by Gasteiger charge is -2.27. The molecule has 0 spiro atoms. The number of benzene rings is 2. The highest BCUT2D eigenvalue weighted by molar-refractivity contribution is 5.92. The molecule has 2 aromatic carbocycles. The van der Waals surface area contributed by atoms with Gasteiger partial charge in [0.2, 0.25) is 23.6 Å². The predicted octanol–water partition coefficient (Wildman–Crippen LogP) is 1.92. The Balaban J connectivity index is 1.38. The topological polar surface area (TPSA) is 179 Å². The maximum absolute atomic E-state index is 13.9. The number of para-hydroxylation sites is 2. The van der Waals surface area contributed by atoms with E-state index in [-0.39, 0.29) is 37.1 Å². The quantitative estimate of drug-likeness (QED) is 0.214. The highest BCUT2D eigenvalue weighted by atomic mass is 16.2. The summed E-state index contributed by atoms with van der Waals surface area (Å²) in [5.74, 6) is 0.177. The minimum absolute atomic E-state index is 0.0826. The van der Waals surface area contributed by atoms with Crippen molar-refractivity contribution in [3.63, 3.8) is 0 Å². The summed E-state index contributed by atoms with van der Waals surface area (Å²) in [6.45, 7) is 9.07. The van der Waals surface area contributed by atoms with Crippen molar-refractivity contribution in [3.8, 4) is 0 Å². The molecule has 0 bridgehead atoms. The van der Waals surface area contributed by atoms with E-state index in [9.17, 15) is 19.2 Å². The summed E-state index contributed by atoms with van der Waals surface area (Å²) in [5, 5.41) is 16.2. The Morgan fingerprint density at radius 3 is 2.39 bits per heavy atom. The number of imidazole rings is 1. The molecule has 0 fully saturated rings. The van der Waals surface area contributed by atoms with Crippen LogP contribution in [0.2, 0.25) is 0 Å². The van der Waals surface area contributed by atoms with E-state index >= 15 is 0 Å². The molecule has 1 aliphatic rings. The highest BCUT2D eigenvalue weighted by Gasteiger charge is 2.31. The lowest BCUT2D eigenvalue weighted by atomic mass is 10.0. The first-order valence-corrected chi connectivity index (χ1v) is 16.8. The SMILES string of the molecule is Cc1nc2n(n1)CC(=O)NCCN(Cc1nc3ccccc3[nH]1)CCCC(=O)N[C@@H](C)C(=O)N[C@H](Cc1ccccc1)C(=O)N[C@H]2C(C)C. The van der Waals surface area contributed by atoms with Crippen molar-refractivity contribution in [1.82, 2.24) is 50.9 Å². The molecule has 4 aromatic rings. The van der Waals surface area contributed by atoms with Gasteiger partial charge in [-0.2, -0.15) is 5.10 Å². The number of rotatable bonds is 5. The van der Waals surface area contributed by atoms with Gasteiger partial charge < -0.3 is 26.3 Å². The summed E-state index contributed by atoms with van der Waals surface area (Å²) in [6.07, 6.45) is 0.948. The van der Waals surface area contributed by atoms with Gasteiger partial charge in [-0.3, -0.25) is 24.1 Å². The molecule has 1 aliphatic heterocycles. The molecule has 14 heteroatoms. The number of aromatic nitrogens is 5. The minimum Gasteiger partial charge on any atom is -0.353 e. The molecule has 49 heavy (non-hydrogen) atoms. The maximum Gasteiger partial charge on any atom is 0.243 e. The van der Waals surface area contributed by atoms with Gasteiger partial charge in [-0.15, -0.1) is 0 Å². The van der Waals surface area contributed by atoms with Crippen molar-refractivity contribution in [2.24, 2.45) is 5.92 Å². The average Bonchev–Trinajstić information content (AvgIpc) is 3.64. The number of nitrogens with zero attached hydrogens (tertiary/aromatic N) is 5. The summed E-state index contributed by atoms with van der Waals surface area (Å²) in [7, 11) is 0. The van der Waals surface area contributed by atoms with Gasteiger partial charge in [0, 0.05) is 25.9 Å². The van der Waals surface area contributed by atoms with E-state index in [0.717, 1.165) is 22.4 Å². The van der Waals surface area contributed by atoms with Crippen molar-refractivity contribution < 1.29 is 19.2 Å². The molecule has 0 unspecified atom stereocenters. The molecule has 0 saturated carbocycles. The smallest absolute Gasteiger partial charge is 0.243 e. The molecule has 3 atom stereocenters. The minimum atomic E-state index is -0.936. The summed E-state index contributed by atoms with van der Waals surface area (Å²) in [4.78, 5) is 68.1. The lowest BCUT2D eigenvalue weighted by Crippen LogP contribution is -2.54. The van der Waals surface area contributed by atoms with Crippen LogP contribution in [0.5, 0.6) is 0 Å². The van der Waals surface area contributed by atoms with Crippen LogP contribution in [-0.4, -0.2) is 85.0 Å². The van der Waals surface area contributed by atoms with Crippen molar-refractivity contribution in [2.45, 2.75) is 78.2 Å². The number of fused-ring (bicyclic) bond motifs is 2. The second kappa shape index (κ2) is 16.3. The zero-order valence-electron chi connectivity index (χ0n) is 28.5. The van der Waals surface area contributed by atoms with Gasteiger partial charge in [-0.05, 0) is 50.4 Å². The Kier molecular flexibility index (Phi) is 11.7. The molecular weight excluding hydrogens is 624 g/mol. The van der Waals surface area contributed by atoms with Crippen LogP contribution in [0.3, 0.4) is 0 Å². The van der Waals surface area contributed by atoms with Gasteiger partial charge in [-0.1, -0.05) is 56.3 Å². The first kappa shape index (κ1) is 35.2. The van der Waals surface area contributed by atoms with Crippen LogP contribution in [0.4, 0.5) is 0 Å². The van der Waals surface area contributed by atoms with Gasteiger partial charge >= 0.3 is 0 Å². The van der Waals surface area contributed by atoms with Crippen molar-refractivity contribution in [2.75, 3.05) is 19.6 Å². The number of aromatic amines is 1. The molecule has 0 aliphatic carbocycles. The van der Waals surface area contributed by atoms with Crippen LogP contribution in [0, 0.1) is 12.8 Å². The Morgan fingerprint density at radius 2 is 1.63 bits per heavy atom. The first-order chi connectivity index (χ1) is 23.5. The Bertz CT molecular complexity index is 1720. The van der Waals surface area contributed by atoms with Gasteiger partial charge in [0.1, 0.15) is 30.3 Å². The van der Waals surface area contributed by atoms with Crippen LogP contribution in [0.1, 0.15) is 62.7 Å². The number of hydrogen-bond donors (Lipinski definition) is 5. The van der Waals surface area contributed by atoms with E-state index in [0.29, 0.717) is 44.2 Å². The maximum atomic E-state index is 13.9. The summed E-state index contributed by atoms with van der Waals surface area (Å²) in [6, 6.07) is 14.8. The monoisotopic (exact) mass is 670 g/mol. The van der Waals surface area contributed by atoms with Gasteiger partial charge in [-0.25, -0.2) is 14.6 Å². The van der Waals surface area contributed by atoms with Crippen LogP contribution >= 0.6 is 0 Å². The molecular formula is C35H46N10O4. The number of carbonyl (C=O) groups is 4. The third-order valence-corrected chi connectivity index (χ3v) is 8.47. The number of amides is 4. The fraction of sp³-hybridized carbons (Fsp3) is 0.457. The van der Waals surface area contributed by atoms with E-state index in [1.54, 1.807) is 13.8 Å². The second-order valence-corrected chi connectivity index (χ2v) is 12.9. The van der Waals surface area contributed by atoms with Crippen molar-refractivity contribution in [3.05, 3.63) is 77.6 Å². The fourth-order valence-electron chi connectivity index (χ4n) is 5.91. The summed E-state index contributed by atoms with van der Waals surface area (Å²) in [5.41, 5.74) is 2.66. The number of aryl methyl sites for hydroxylation is 1. The molecule has 260 valence electrons. The standard InChI is InChI=1S/C35H46N10O4/c1-22(2)32-33-38-24(4)43-45(33)21-31(47)36-16-18-44(20-29-39-26-13-8-9-14-27(26)40-29)17-10-15-30(46)37-23(3)34(48)41-28(35(49)42-32)19-25-11-6-5-7-12-25/h5-9,11-14,22-23,28,32H,10,15-21H2,1-4H3,(H,36,47)(H,37,46)(H,39,40)(H,41,48)(H,42,49)/t23-,28+,32-/m0/s1. The van der Waals surface area contributed by atoms with Crippen molar-refractivity contribution >= 4 is 34.7 Å². The predicted molar refractivity (Wildman–Crippen MR) is 184 cm³/mol. The molecule has 4 amide bonds. The van der Waals surface area contributed by atoms with Crippen LogP contribution in [0.25, 0.3) is 11.0 Å². The van der Waals surface area contributed by atoms with Crippen molar-refractivity contribution in [1.29, 1.82) is 0 Å². The normalized spacial score (nSPS) is 21.0. The zero-order chi connectivity index (χ0) is 34.9. The largest absolute Gasteiger partial charge is 0.353 e. The molecule has 3 heterocycles. The molecule has 5 rings (SSSR count). The fourth-order valence-corrected chi connectivity index (χ4v) is 5.91. The molecule has 0 radical (unpaired) electrons. The van der Waals surface area contributed by atoms with Crippen LogP contribution in [0.15, 0.2) is 54.6 Å². The lowest BCUT2D eigenvalue weighted by molar-refractivity contribution is -0.132. The number of nitrogens with one attached hydrogen (secondary N) is 5. The first-order valence-electron chi connectivity index (χ1n) is 16.8. The Hall–Kier alpha value is -5.11. The van der Waals surface area contributed by atoms with Gasteiger partial charge in [0.15, 0.2) is 5.82 Å². The van der Waals surface area contributed by atoms with Crippen LogP contribution < -0.4 is 21.3 Å². The van der Waals surface area contributed by atoms with E-state index in [4.69, 9.17) is 4.98 Å². The van der Waals surface area contributed by atoms with Crippen LogP contribution in [-0.2, 0) is 38.7 Å². The van der Waals surface area contributed by atoms with E-state index in [1.807, 2.05) is 68.4 Å². The van der Waals surface area contributed by atoms with E-state index < -0.39 is 29.9 Å². The third kappa shape index (κ3) is 9.72. The van der Waals surface area contributed by atoms with Gasteiger partial charge in [0.05, 0.1) is 23.6 Å². The second-order valence-electron chi connectivity index (χ2n) is 12.9. The Labute approximate surface area is 285 Å². The molecule has 5 N–H and O–H groups in total. The number of H-pyrrole nitrogens is 1. The molecule has 0 saturated heterocycles. The van der Waals surface area contributed by atoms with Gasteiger partial charge in [0.25, 0.3) is 0 Å². The highest BCUT2D eigenvalue weighted by Crippen LogP contribution is 2.21. The Morgan fingerprint density at radius 1 is 0.878 bits per heavy atom.